The van der Waals surface area contributed by atoms with Gasteiger partial charge in [-0.3, -0.25) is 4.90 Å². The lowest BCUT2D eigenvalue weighted by molar-refractivity contribution is 0.103. The second-order valence-electron chi connectivity index (χ2n) is 6.17. The van der Waals surface area contributed by atoms with Crippen molar-refractivity contribution in [1.82, 2.24) is 4.90 Å². The minimum absolute atomic E-state index is 0.0685. The fraction of sp³-hybridized carbons (Fsp3) is 0.600. The van der Waals surface area contributed by atoms with Gasteiger partial charge < -0.3 is 5.73 Å². The van der Waals surface area contributed by atoms with Gasteiger partial charge >= 0.3 is 0 Å². The molecule has 2 atom stereocenters. The van der Waals surface area contributed by atoms with Gasteiger partial charge in [0.25, 0.3) is 0 Å². The molecule has 0 aromatic heterocycles. The van der Waals surface area contributed by atoms with Crippen LogP contribution >= 0.6 is 15.9 Å². The van der Waals surface area contributed by atoms with Crippen LogP contribution in [-0.2, 0) is 16.3 Å². The van der Waals surface area contributed by atoms with E-state index in [0.717, 1.165) is 10.9 Å². The number of sulfone groups is 1. The average Bonchev–Trinajstić information content (AvgIpc) is 2.80. The van der Waals surface area contributed by atoms with Crippen molar-refractivity contribution in [3.8, 4) is 0 Å². The molecule has 1 aromatic carbocycles. The van der Waals surface area contributed by atoms with Gasteiger partial charge in [-0.05, 0) is 44.5 Å². The summed E-state index contributed by atoms with van der Waals surface area (Å²) in [4.78, 5) is 2.17. The minimum Gasteiger partial charge on any atom is -0.329 e. The summed E-state index contributed by atoms with van der Waals surface area (Å²) in [5, 5.41) is 0. The first-order valence-electron chi connectivity index (χ1n) is 7.14. The standard InChI is InChI=1S/C15H23BrN2O2S/c1-15(11-17,9-12-3-5-13(16)6-4-12)18(2)14-7-8-21(19,20)10-14/h3-6,14H,7-11,17H2,1-2H3. The summed E-state index contributed by atoms with van der Waals surface area (Å²) < 4.78 is 24.4. The Kier molecular flexibility index (Phi) is 5.13. The molecule has 2 N–H and O–H groups in total. The maximum Gasteiger partial charge on any atom is 0.151 e. The molecule has 2 unspecified atom stereocenters. The lowest BCUT2D eigenvalue weighted by Gasteiger charge is -2.41. The minimum atomic E-state index is -2.88. The summed E-state index contributed by atoms with van der Waals surface area (Å²) in [5.74, 6) is 0.542. The number of likely N-dealkylation sites (N-methyl/N-ethyl adjacent to an activating group) is 1. The number of hydrogen-bond donors (Lipinski definition) is 1. The Balaban J connectivity index is 2.14. The molecule has 1 aromatic rings. The Hall–Kier alpha value is -0.430. The highest BCUT2D eigenvalue weighted by molar-refractivity contribution is 9.10. The Morgan fingerprint density at radius 1 is 1.38 bits per heavy atom. The van der Waals surface area contributed by atoms with E-state index in [1.807, 2.05) is 19.2 Å². The number of halogens is 1. The topological polar surface area (TPSA) is 63.4 Å². The molecule has 1 aliphatic rings. The van der Waals surface area contributed by atoms with Crippen LogP contribution in [0, 0.1) is 0 Å². The first-order chi connectivity index (χ1) is 9.76. The lowest BCUT2D eigenvalue weighted by atomic mass is 9.90. The molecular formula is C15H23BrN2O2S. The van der Waals surface area contributed by atoms with E-state index in [1.54, 1.807) is 0 Å². The Labute approximate surface area is 135 Å². The van der Waals surface area contributed by atoms with Crippen molar-refractivity contribution in [3.63, 3.8) is 0 Å². The molecule has 1 fully saturated rings. The van der Waals surface area contributed by atoms with Crippen molar-refractivity contribution in [2.45, 2.75) is 31.3 Å². The van der Waals surface area contributed by atoms with Crippen molar-refractivity contribution >= 4 is 25.8 Å². The van der Waals surface area contributed by atoms with Crippen LogP contribution < -0.4 is 5.73 Å². The van der Waals surface area contributed by atoms with Crippen molar-refractivity contribution in [1.29, 1.82) is 0 Å². The largest absolute Gasteiger partial charge is 0.329 e. The zero-order valence-electron chi connectivity index (χ0n) is 12.5. The van der Waals surface area contributed by atoms with Crippen LogP contribution in [0.3, 0.4) is 0 Å². The summed E-state index contributed by atoms with van der Waals surface area (Å²) in [6, 6.07) is 8.27. The molecule has 1 aliphatic heterocycles. The first-order valence-corrected chi connectivity index (χ1v) is 9.75. The predicted octanol–water partition coefficient (Wildman–Crippen LogP) is 1.83. The zero-order valence-corrected chi connectivity index (χ0v) is 15.0. The predicted molar refractivity (Wildman–Crippen MR) is 90.1 cm³/mol. The van der Waals surface area contributed by atoms with Crippen molar-refractivity contribution < 1.29 is 8.42 Å². The normalized spacial score (nSPS) is 24.1. The van der Waals surface area contributed by atoms with Crippen LogP contribution in [0.1, 0.15) is 18.9 Å². The Morgan fingerprint density at radius 3 is 2.48 bits per heavy atom. The van der Waals surface area contributed by atoms with E-state index in [-0.39, 0.29) is 17.3 Å². The molecular weight excluding hydrogens is 352 g/mol. The van der Waals surface area contributed by atoms with Crippen LogP contribution in [0.15, 0.2) is 28.7 Å². The molecule has 1 heterocycles. The van der Waals surface area contributed by atoms with E-state index >= 15 is 0 Å². The molecule has 1 saturated heterocycles. The maximum absolute atomic E-state index is 11.7. The van der Waals surface area contributed by atoms with Crippen molar-refractivity contribution in [3.05, 3.63) is 34.3 Å². The van der Waals surface area contributed by atoms with Crippen LogP contribution in [0.5, 0.6) is 0 Å². The van der Waals surface area contributed by atoms with Gasteiger partial charge in [0.15, 0.2) is 9.84 Å². The summed E-state index contributed by atoms with van der Waals surface area (Å²) in [7, 11) is -0.879. The number of hydrogen-bond acceptors (Lipinski definition) is 4. The van der Waals surface area contributed by atoms with E-state index in [0.29, 0.717) is 18.7 Å². The number of nitrogens with zero attached hydrogens (tertiary/aromatic N) is 1. The van der Waals surface area contributed by atoms with Crippen LogP contribution in [0.25, 0.3) is 0 Å². The second kappa shape index (κ2) is 6.36. The zero-order chi connectivity index (χ0) is 15.7. The molecule has 6 heteroatoms. The highest BCUT2D eigenvalue weighted by Crippen LogP contribution is 2.26. The van der Waals surface area contributed by atoms with Gasteiger partial charge in [0.1, 0.15) is 0 Å². The summed E-state index contributed by atoms with van der Waals surface area (Å²) >= 11 is 3.44. The monoisotopic (exact) mass is 374 g/mol. The van der Waals surface area contributed by atoms with Gasteiger partial charge in [-0.1, -0.05) is 28.1 Å². The number of nitrogens with two attached hydrogens (primary N) is 1. The first kappa shape index (κ1) is 16.9. The lowest BCUT2D eigenvalue weighted by Crippen LogP contribution is -2.55. The summed E-state index contributed by atoms with van der Waals surface area (Å²) in [6.45, 7) is 2.61. The molecule has 0 bridgehead atoms. The van der Waals surface area contributed by atoms with Gasteiger partial charge in [-0.2, -0.15) is 0 Å². The third-order valence-corrected chi connectivity index (χ3v) is 6.82. The van der Waals surface area contributed by atoms with Gasteiger partial charge in [0.05, 0.1) is 11.5 Å². The van der Waals surface area contributed by atoms with E-state index in [1.165, 1.54) is 5.56 Å². The number of benzene rings is 1. The maximum atomic E-state index is 11.7. The highest BCUT2D eigenvalue weighted by atomic mass is 79.9. The van der Waals surface area contributed by atoms with Crippen LogP contribution in [0.4, 0.5) is 0 Å². The number of rotatable bonds is 5. The molecule has 0 spiro atoms. The van der Waals surface area contributed by atoms with Gasteiger partial charge in [-0.15, -0.1) is 0 Å². The van der Waals surface area contributed by atoms with Crippen molar-refractivity contribution in [2.75, 3.05) is 25.1 Å². The van der Waals surface area contributed by atoms with E-state index in [4.69, 9.17) is 5.73 Å². The Morgan fingerprint density at radius 2 is 2.00 bits per heavy atom. The Bertz CT molecular complexity index is 588. The molecule has 4 nitrogen and oxygen atoms in total. The molecule has 0 saturated carbocycles. The highest BCUT2D eigenvalue weighted by Gasteiger charge is 2.38. The van der Waals surface area contributed by atoms with E-state index in [2.05, 4.69) is 39.9 Å². The average molecular weight is 375 g/mol. The molecule has 2 rings (SSSR count). The second-order valence-corrected chi connectivity index (χ2v) is 9.32. The molecule has 0 aliphatic carbocycles. The van der Waals surface area contributed by atoms with Gasteiger partial charge in [0.2, 0.25) is 0 Å². The summed E-state index contributed by atoms with van der Waals surface area (Å²) in [6.07, 6.45) is 1.51. The third kappa shape index (κ3) is 4.06. The fourth-order valence-corrected chi connectivity index (χ4v) is 4.94. The van der Waals surface area contributed by atoms with Crippen LogP contribution in [-0.4, -0.2) is 50.0 Å². The van der Waals surface area contributed by atoms with E-state index < -0.39 is 9.84 Å². The molecule has 118 valence electrons. The smallest absolute Gasteiger partial charge is 0.151 e. The van der Waals surface area contributed by atoms with E-state index in [9.17, 15) is 8.42 Å². The molecule has 0 amide bonds. The van der Waals surface area contributed by atoms with Gasteiger partial charge in [0, 0.05) is 22.6 Å². The SMILES string of the molecule is CN(C1CCS(=O)(=O)C1)C(C)(CN)Cc1ccc(Br)cc1. The van der Waals surface area contributed by atoms with Crippen molar-refractivity contribution in [2.24, 2.45) is 5.73 Å². The van der Waals surface area contributed by atoms with Crippen LogP contribution in [0.2, 0.25) is 0 Å². The summed E-state index contributed by atoms with van der Waals surface area (Å²) in [5.41, 5.74) is 6.99. The quantitative estimate of drug-likeness (QED) is 0.853. The molecule has 21 heavy (non-hydrogen) atoms. The van der Waals surface area contributed by atoms with Gasteiger partial charge in [-0.25, -0.2) is 8.42 Å². The fourth-order valence-electron chi connectivity index (χ4n) is 2.90. The molecule has 0 radical (unpaired) electrons. The third-order valence-electron chi connectivity index (χ3n) is 4.55.